The highest BCUT2D eigenvalue weighted by molar-refractivity contribution is 6.42. The summed E-state index contributed by atoms with van der Waals surface area (Å²) < 4.78 is 4.67. The maximum Gasteiger partial charge on any atom is 0.416 e. The Balaban J connectivity index is 2.08. The average molecular weight is 286 g/mol. The van der Waals surface area contributed by atoms with Crippen LogP contribution in [0.15, 0.2) is 24.3 Å². The fraction of sp³-hybridized carbons (Fsp3) is 0.167. The van der Waals surface area contributed by atoms with Gasteiger partial charge in [-0.2, -0.15) is 0 Å². The summed E-state index contributed by atoms with van der Waals surface area (Å²) in [7, 11) is 0. The zero-order chi connectivity index (χ0) is 13.1. The number of cyclic esters (lactones) is 1. The smallest absolute Gasteiger partial charge is 0.416 e. The van der Waals surface area contributed by atoms with Crippen LogP contribution >= 0.6 is 23.2 Å². The summed E-state index contributed by atoms with van der Waals surface area (Å²) in [6, 6.07) is 4.99. The topological polar surface area (TPSA) is 46.6 Å². The molecule has 0 atom stereocenters. The number of nitrogens with zero attached hydrogens (tertiary/aromatic N) is 1. The zero-order valence-electron chi connectivity index (χ0n) is 9.23. The van der Waals surface area contributed by atoms with Gasteiger partial charge < -0.3 is 4.74 Å². The van der Waals surface area contributed by atoms with E-state index in [1.165, 1.54) is 6.08 Å². The highest BCUT2D eigenvalue weighted by atomic mass is 35.5. The molecule has 0 bridgehead atoms. The Labute approximate surface area is 114 Å². The van der Waals surface area contributed by atoms with Gasteiger partial charge in [0.2, 0.25) is 0 Å². The zero-order valence-corrected chi connectivity index (χ0v) is 10.7. The van der Waals surface area contributed by atoms with Crippen molar-refractivity contribution >= 4 is 41.3 Å². The number of halogens is 2. The summed E-state index contributed by atoms with van der Waals surface area (Å²) in [5, 5.41) is 0.857. The van der Waals surface area contributed by atoms with E-state index in [-0.39, 0.29) is 13.2 Å². The fourth-order valence-corrected chi connectivity index (χ4v) is 1.77. The van der Waals surface area contributed by atoms with Gasteiger partial charge in [0, 0.05) is 6.08 Å². The van der Waals surface area contributed by atoms with E-state index in [4.69, 9.17) is 23.2 Å². The van der Waals surface area contributed by atoms with E-state index in [2.05, 4.69) is 4.74 Å². The van der Waals surface area contributed by atoms with Gasteiger partial charge >= 0.3 is 6.09 Å². The number of imide groups is 1. The molecule has 0 unspecified atom stereocenters. The van der Waals surface area contributed by atoms with Crippen LogP contribution in [0, 0.1) is 0 Å². The van der Waals surface area contributed by atoms with Crippen LogP contribution in [0.25, 0.3) is 6.08 Å². The Morgan fingerprint density at radius 1 is 1.33 bits per heavy atom. The summed E-state index contributed by atoms with van der Waals surface area (Å²) in [5.41, 5.74) is 0.727. The predicted octanol–water partition coefficient (Wildman–Crippen LogP) is 2.99. The Morgan fingerprint density at radius 2 is 2.11 bits per heavy atom. The van der Waals surface area contributed by atoms with Gasteiger partial charge in [0.25, 0.3) is 5.91 Å². The molecule has 0 aromatic heterocycles. The molecule has 1 aliphatic rings. The van der Waals surface area contributed by atoms with Gasteiger partial charge in [-0.15, -0.1) is 0 Å². The van der Waals surface area contributed by atoms with Crippen LogP contribution in [0.1, 0.15) is 5.56 Å². The lowest BCUT2D eigenvalue weighted by molar-refractivity contribution is -0.122. The van der Waals surface area contributed by atoms with Crippen molar-refractivity contribution in [3.05, 3.63) is 39.9 Å². The number of hydrogen-bond donors (Lipinski definition) is 0. The van der Waals surface area contributed by atoms with Crippen LogP contribution in [0.4, 0.5) is 4.79 Å². The molecule has 2 amide bonds. The van der Waals surface area contributed by atoms with Crippen LogP contribution in [0.3, 0.4) is 0 Å². The number of hydrogen-bond acceptors (Lipinski definition) is 3. The molecular formula is C12H9Cl2NO3. The third kappa shape index (κ3) is 2.83. The van der Waals surface area contributed by atoms with Gasteiger partial charge in [0.05, 0.1) is 16.6 Å². The van der Waals surface area contributed by atoms with E-state index in [0.29, 0.717) is 10.0 Å². The first-order valence-corrected chi connectivity index (χ1v) is 5.95. The molecule has 0 spiro atoms. The molecule has 18 heavy (non-hydrogen) atoms. The van der Waals surface area contributed by atoms with E-state index in [1.807, 2.05) is 0 Å². The van der Waals surface area contributed by atoms with E-state index < -0.39 is 12.0 Å². The van der Waals surface area contributed by atoms with Gasteiger partial charge in [0.15, 0.2) is 0 Å². The van der Waals surface area contributed by atoms with Crippen LogP contribution < -0.4 is 0 Å². The second-order valence-corrected chi connectivity index (χ2v) is 4.43. The lowest BCUT2D eigenvalue weighted by Gasteiger charge is -2.06. The standard InChI is InChI=1S/C12H9Cl2NO3/c13-9-3-1-8(7-10(9)14)2-4-11(16)15-5-6-18-12(15)17/h1-4,7H,5-6H2/b4-2+. The number of rotatable bonds is 2. The third-order valence-electron chi connectivity index (χ3n) is 2.39. The summed E-state index contributed by atoms with van der Waals surface area (Å²) >= 11 is 11.6. The molecule has 0 aliphatic carbocycles. The fourth-order valence-electron chi connectivity index (χ4n) is 1.47. The van der Waals surface area contributed by atoms with Gasteiger partial charge in [-0.25, -0.2) is 9.69 Å². The molecule has 0 N–H and O–H groups in total. The highest BCUT2D eigenvalue weighted by Crippen LogP contribution is 2.23. The molecule has 1 saturated heterocycles. The first-order chi connectivity index (χ1) is 8.58. The summed E-state index contributed by atoms with van der Waals surface area (Å²) in [5.74, 6) is -0.413. The monoisotopic (exact) mass is 285 g/mol. The molecule has 1 heterocycles. The van der Waals surface area contributed by atoms with Crippen LogP contribution in [-0.4, -0.2) is 30.1 Å². The number of ether oxygens (including phenoxy) is 1. The largest absolute Gasteiger partial charge is 0.447 e. The molecule has 6 heteroatoms. The maximum atomic E-state index is 11.7. The Bertz CT molecular complexity index is 528. The summed E-state index contributed by atoms with van der Waals surface area (Å²) in [6.45, 7) is 0.522. The van der Waals surface area contributed by atoms with Crippen LogP contribution in [-0.2, 0) is 9.53 Å². The Hall–Kier alpha value is -1.52. The van der Waals surface area contributed by atoms with E-state index in [9.17, 15) is 9.59 Å². The molecule has 94 valence electrons. The van der Waals surface area contributed by atoms with Crippen molar-refractivity contribution in [2.45, 2.75) is 0 Å². The second kappa shape index (κ2) is 5.42. The third-order valence-corrected chi connectivity index (χ3v) is 3.13. The van der Waals surface area contributed by atoms with Crippen molar-refractivity contribution in [3.8, 4) is 0 Å². The second-order valence-electron chi connectivity index (χ2n) is 3.61. The van der Waals surface area contributed by atoms with Gasteiger partial charge in [0.1, 0.15) is 6.61 Å². The Morgan fingerprint density at radius 3 is 2.72 bits per heavy atom. The van der Waals surface area contributed by atoms with E-state index >= 15 is 0 Å². The molecule has 1 aromatic rings. The normalized spacial score (nSPS) is 15.2. The number of benzene rings is 1. The first-order valence-electron chi connectivity index (χ1n) is 5.19. The molecule has 4 nitrogen and oxygen atoms in total. The van der Waals surface area contributed by atoms with Crippen molar-refractivity contribution in [1.82, 2.24) is 4.90 Å². The molecule has 1 aromatic carbocycles. The maximum absolute atomic E-state index is 11.7. The number of carbonyl (C=O) groups is 2. The lowest BCUT2D eigenvalue weighted by atomic mass is 10.2. The van der Waals surface area contributed by atoms with Crippen molar-refractivity contribution < 1.29 is 14.3 Å². The quantitative estimate of drug-likeness (QED) is 0.785. The molecule has 1 aliphatic heterocycles. The van der Waals surface area contributed by atoms with Crippen LogP contribution in [0.2, 0.25) is 10.0 Å². The van der Waals surface area contributed by atoms with Crippen molar-refractivity contribution in [3.63, 3.8) is 0 Å². The summed E-state index contributed by atoms with van der Waals surface area (Å²) in [4.78, 5) is 23.8. The van der Waals surface area contributed by atoms with E-state index in [1.54, 1.807) is 24.3 Å². The molecule has 0 radical (unpaired) electrons. The minimum Gasteiger partial charge on any atom is -0.447 e. The van der Waals surface area contributed by atoms with E-state index in [0.717, 1.165) is 10.5 Å². The first kappa shape index (κ1) is 12.9. The van der Waals surface area contributed by atoms with Crippen molar-refractivity contribution in [2.75, 3.05) is 13.2 Å². The number of amides is 2. The highest BCUT2D eigenvalue weighted by Gasteiger charge is 2.26. The molecule has 0 saturated carbocycles. The lowest BCUT2D eigenvalue weighted by Crippen LogP contribution is -2.29. The van der Waals surface area contributed by atoms with Crippen LogP contribution in [0.5, 0.6) is 0 Å². The van der Waals surface area contributed by atoms with Gasteiger partial charge in [-0.3, -0.25) is 4.79 Å². The van der Waals surface area contributed by atoms with Gasteiger partial charge in [-0.1, -0.05) is 29.3 Å². The molecular weight excluding hydrogens is 277 g/mol. The van der Waals surface area contributed by atoms with Crippen molar-refractivity contribution in [2.24, 2.45) is 0 Å². The Kier molecular flexibility index (Phi) is 3.89. The van der Waals surface area contributed by atoms with Gasteiger partial charge in [-0.05, 0) is 23.8 Å². The predicted molar refractivity (Wildman–Crippen MR) is 68.6 cm³/mol. The summed E-state index contributed by atoms with van der Waals surface area (Å²) in [6.07, 6.45) is 2.25. The number of carbonyl (C=O) groups excluding carboxylic acids is 2. The minimum absolute atomic E-state index is 0.241. The minimum atomic E-state index is -0.612. The SMILES string of the molecule is O=C(/C=C/c1ccc(Cl)c(Cl)c1)N1CCOC1=O. The van der Waals surface area contributed by atoms with Crippen molar-refractivity contribution in [1.29, 1.82) is 0 Å². The molecule has 1 fully saturated rings. The molecule has 2 rings (SSSR count). The average Bonchev–Trinajstić information content (AvgIpc) is 2.77.